The number of piperidine rings is 5. The summed E-state index contributed by atoms with van der Waals surface area (Å²) in [7, 11) is 2.17. The number of piperazine rings is 5. The minimum absolute atomic E-state index is 0.0546. The monoisotopic (exact) mass is 1870 g/mol. The molecule has 0 bridgehead atoms. The van der Waals surface area contributed by atoms with Crippen molar-refractivity contribution in [3.63, 3.8) is 0 Å². The second-order valence-electron chi connectivity index (χ2n) is 44.6. The number of ether oxygens (including phenoxy) is 7. The zero-order chi connectivity index (χ0) is 98.3. The molecule has 34 nitrogen and oxygen atoms in total. The van der Waals surface area contributed by atoms with Crippen molar-refractivity contribution in [1.29, 1.82) is 0 Å². The van der Waals surface area contributed by atoms with Crippen LogP contribution in [0.25, 0.3) is 0 Å². The van der Waals surface area contributed by atoms with Gasteiger partial charge >= 0.3 is 42.7 Å². The van der Waals surface area contributed by atoms with E-state index in [1.165, 1.54) is 0 Å². The first kappa shape index (κ1) is 115. The van der Waals surface area contributed by atoms with Crippen molar-refractivity contribution < 1.29 is 66.7 Å². The number of hydrogen-bond donors (Lipinski definition) is 7. The maximum atomic E-state index is 12.5. The van der Waals surface area contributed by atoms with Gasteiger partial charge in [-0.2, -0.15) is 0 Å². The normalized spacial score (nSPS) is 23.3. The Morgan fingerprint density at radius 2 is 0.553 bits per heavy atom. The van der Waals surface area contributed by atoms with Gasteiger partial charge in [-0.25, -0.2) is 33.6 Å². The lowest BCUT2D eigenvalue weighted by Gasteiger charge is -2.48. The fourth-order valence-corrected chi connectivity index (χ4v) is 19.6. The summed E-state index contributed by atoms with van der Waals surface area (Å²) in [6.07, 6.45) is 6.96. The van der Waals surface area contributed by atoms with Gasteiger partial charge in [-0.05, 0) is 265 Å². The lowest BCUT2D eigenvalue weighted by molar-refractivity contribution is -0.00577. The second-order valence-corrected chi connectivity index (χ2v) is 44.6. The standard InChI is InChI=1S/C23H44N4O4.C22H42N4O4.2C18H36N4O2.C17H34N4O2/c1-17(2)26-11-9-23(10-12-26,24-20(28)30-18(3)4)16-25-13-14-27(19(5)15-25)21(29)31-22(6,7)8;1-17(2)25-10-8-22(9-11-25,23-19(27)29-18(3)4)16-24-12-14-26(15-13-24)20(28)30-21(5,6)7;1-14(2)22-9-6-18(7-10-22,20-17(23)24-15(3)4)13-21-11-8-19-16(5)12-21;1-15(2)22-8-6-18(7-9-22,19-17(23)24-16(3)4)14-21-12-10-20(5)11-13-21;1-14(2)21-9-5-17(6-10-21,19-16(22)23-15(3)4)13-20-11-7-18-8-12-20/h17-19H,9-16H2,1-8H3,(H,24,28);17-18H,8-16H2,1-7H3,(H,23,27);14-16,19H,6-13H2,1-5H3,(H,20,23);15-16H,6-14H2,1-5H3,(H,19,23);14-15,18H,5-13H2,1-4H3,(H,19,22). The van der Waals surface area contributed by atoms with Crippen molar-refractivity contribution in [2.24, 2.45) is 0 Å². The number of rotatable bonds is 25. The predicted molar refractivity (Wildman–Crippen MR) is 527 cm³/mol. The van der Waals surface area contributed by atoms with E-state index in [2.05, 4.69) is 181 Å². The van der Waals surface area contributed by atoms with E-state index in [1.54, 1.807) is 4.90 Å². The number of nitrogens with zero attached hydrogens (tertiary/aromatic N) is 13. The van der Waals surface area contributed by atoms with Crippen molar-refractivity contribution in [1.82, 2.24) is 101 Å². The molecule has 0 radical (unpaired) electrons. The molecule has 0 aromatic heterocycles. The summed E-state index contributed by atoms with van der Waals surface area (Å²) in [5.41, 5.74) is -2.08. The molecule has 10 rings (SSSR count). The molecule has 34 heteroatoms. The van der Waals surface area contributed by atoms with Gasteiger partial charge in [0.1, 0.15) is 11.2 Å². The number of nitrogens with one attached hydrogen (secondary N) is 7. The molecule has 0 aromatic rings. The third-order valence-electron chi connectivity index (χ3n) is 27.2. The van der Waals surface area contributed by atoms with E-state index in [4.69, 9.17) is 33.2 Å². The molecular weight excluding hydrogens is 1680 g/mol. The van der Waals surface area contributed by atoms with E-state index in [0.29, 0.717) is 55.9 Å². The maximum absolute atomic E-state index is 12.5. The van der Waals surface area contributed by atoms with Crippen LogP contribution in [-0.4, -0.2) is 441 Å². The smallest absolute Gasteiger partial charge is 0.410 e. The molecular formula is C98H192N20O14. The van der Waals surface area contributed by atoms with Crippen LogP contribution in [0.5, 0.6) is 0 Å². The van der Waals surface area contributed by atoms with Gasteiger partial charge in [-0.1, -0.05) is 0 Å². The second kappa shape index (κ2) is 54.1. The Morgan fingerprint density at radius 3 is 0.811 bits per heavy atom. The molecule has 768 valence electrons. The van der Waals surface area contributed by atoms with Crippen LogP contribution in [-0.2, 0) is 33.2 Å². The molecule has 7 N–H and O–H groups in total. The number of carbonyl (C=O) groups excluding carboxylic acids is 7. The molecule has 0 spiro atoms. The Labute approximate surface area is 799 Å². The molecule has 10 fully saturated rings. The molecule has 0 saturated carbocycles. The molecule has 7 amide bonds. The highest BCUT2D eigenvalue weighted by molar-refractivity contribution is 5.71. The Bertz CT molecular complexity index is 3350. The van der Waals surface area contributed by atoms with Gasteiger partial charge in [0.2, 0.25) is 0 Å². The van der Waals surface area contributed by atoms with Crippen LogP contribution in [0.15, 0.2) is 0 Å². The van der Waals surface area contributed by atoms with Crippen molar-refractivity contribution in [3.8, 4) is 0 Å². The molecule has 132 heavy (non-hydrogen) atoms. The summed E-state index contributed by atoms with van der Waals surface area (Å²) in [6, 6.07) is 3.25. The highest BCUT2D eigenvalue weighted by atomic mass is 16.6. The van der Waals surface area contributed by atoms with Crippen LogP contribution >= 0.6 is 0 Å². The molecule has 10 saturated heterocycles. The van der Waals surface area contributed by atoms with E-state index in [-0.39, 0.29) is 107 Å². The van der Waals surface area contributed by atoms with Crippen LogP contribution in [0.2, 0.25) is 0 Å². The van der Waals surface area contributed by atoms with Crippen molar-refractivity contribution in [2.75, 3.05) is 223 Å². The Kier molecular flexibility index (Phi) is 47.1. The van der Waals surface area contributed by atoms with Crippen LogP contribution < -0.4 is 37.2 Å². The summed E-state index contributed by atoms with van der Waals surface area (Å²) in [6.45, 7) is 87.7. The van der Waals surface area contributed by atoms with E-state index in [0.717, 1.165) is 261 Å². The van der Waals surface area contributed by atoms with Crippen LogP contribution in [0, 0.1) is 0 Å². The van der Waals surface area contributed by atoms with Crippen molar-refractivity contribution >= 4 is 42.7 Å². The minimum Gasteiger partial charge on any atom is -0.447 e. The van der Waals surface area contributed by atoms with Gasteiger partial charge in [0.25, 0.3) is 0 Å². The molecule has 0 aliphatic carbocycles. The first-order valence-electron chi connectivity index (χ1n) is 51.0. The average molecular weight is 1870 g/mol. The van der Waals surface area contributed by atoms with Gasteiger partial charge in [-0.3, -0.25) is 24.5 Å². The lowest BCUT2D eigenvalue weighted by atomic mass is 9.86. The van der Waals surface area contributed by atoms with Gasteiger partial charge in [0.15, 0.2) is 0 Å². The Hall–Kier alpha value is -5.63. The van der Waals surface area contributed by atoms with E-state index in [1.807, 2.05) is 116 Å². The summed E-state index contributed by atoms with van der Waals surface area (Å²) < 4.78 is 37.9. The van der Waals surface area contributed by atoms with Gasteiger partial charge < -0.3 is 110 Å². The fourth-order valence-electron chi connectivity index (χ4n) is 19.6. The SMILES string of the molecule is CC(C)OC(=O)NC1(CN2CCN(C(=O)OC(C)(C)C)C(C)C2)CCN(C(C)C)CC1.CC(C)OC(=O)NC1(CN2CCN(C(=O)OC(C)(C)C)CC2)CCN(C(C)C)CC1.CC(C)OC(=O)NC1(CN2CCN(C)CC2)CCN(C(C)C)CC1.CC(C)OC(=O)NC1(CN2CCNCC2)CCN(C(C)C)CC1.CC1CN(CC2(NC(=O)OC(C)C)CCN(C(C)C)CC2)CCN1. The van der Waals surface area contributed by atoms with Crippen molar-refractivity contribution in [3.05, 3.63) is 0 Å². The molecule has 10 heterocycles. The molecule has 2 atom stereocenters. The molecule has 0 aromatic carbocycles. The average Bonchev–Trinajstić information content (AvgIpc) is 0.804. The number of carbonyl (C=O) groups is 7. The third kappa shape index (κ3) is 41.6. The zero-order valence-electron chi connectivity index (χ0n) is 88.4. The van der Waals surface area contributed by atoms with Gasteiger partial charge in [0, 0.05) is 258 Å². The first-order valence-corrected chi connectivity index (χ1v) is 51.0. The first-order chi connectivity index (χ1) is 61.7. The summed E-state index contributed by atoms with van der Waals surface area (Å²) in [5, 5.41) is 23.0. The van der Waals surface area contributed by atoms with Gasteiger partial charge in [0.05, 0.1) is 58.2 Å². The number of amides is 7. The molecule has 10 aliphatic rings. The zero-order valence-corrected chi connectivity index (χ0v) is 88.4. The molecule has 10 aliphatic heterocycles. The summed E-state index contributed by atoms with van der Waals surface area (Å²) in [4.78, 5) is 117. The number of likely N-dealkylation sites (tertiary alicyclic amines) is 5. The van der Waals surface area contributed by atoms with E-state index >= 15 is 0 Å². The topological polar surface area (TPSA) is 310 Å². The maximum Gasteiger partial charge on any atom is 0.410 e. The van der Waals surface area contributed by atoms with Crippen LogP contribution in [0.4, 0.5) is 33.6 Å². The van der Waals surface area contributed by atoms with Crippen LogP contribution in [0.3, 0.4) is 0 Å². The molecule has 2 unspecified atom stereocenters. The summed E-state index contributed by atoms with van der Waals surface area (Å²) >= 11 is 0. The third-order valence-corrected chi connectivity index (χ3v) is 27.2. The van der Waals surface area contributed by atoms with Gasteiger partial charge in [-0.15, -0.1) is 0 Å². The number of likely N-dealkylation sites (N-methyl/N-ethyl adjacent to an activating group) is 1. The highest BCUT2D eigenvalue weighted by Gasteiger charge is 2.47. The summed E-state index contributed by atoms with van der Waals surface area (Å²) in [5.74, 6) is 0. The lowest BCUT2D eigenvalue weighted by Crippen LogP contribution is -2.64. The number of hydrogen-bond acceptors (Lipinski definition) is 27. The highest BCUT2D eigenvalue weighted by Crippen LogP contribution is 2.33. The largest absolute Gasteiger partial charge is 0.447 e. The number of alkyl carbamates (subject to hydrolysis) is 5. The predicted octanol–water partition coefficient (Wildman–Crippen LogP) is 10.8. The van der Waals surface area contributed by atoms with Crippen molar-refractivity contribution in [2.45, 2.75) is 370 Å². The Morgan fingerprint density at radius 1 is 0.311 bits per heavy atom. The minimum atomic E-state index is -0.497. The van der Waals surface area contributed by atoms with E-state index < -0.39 is 11.2 Å². The quantitative estimate of drug-likeness (QED) is 0.0418. The Balaban J connectivity index is 0.000000255. The fraction of sp³-hybridized carbons (Fsp3) is 0.929. The van der Waals surface area contributed by atoms with Crippen LogP contribution in [0.1, 0.15) is 258 Å². The van der Waals surface area contributed by atoms with E-state index in [9.17, 15) is 33.6 Å².